The van der Waals surface area contributed by atoms with Gasteiger partial charge in [0.05, 0.1) is 12.3 Å². The van der Waals surface area contributed by atoms with Crippen molar-refractivity contribution >= 4 is 6.21 Å². The first-order chi connectivity index (χ1) is 5.43. The van der Waals surface area contributed by atoms with Crippen molar-refractivity contribution in [3.63, 3.8) is 0 Å². The molecular weight excluding hydrogens is 140 g/mol. The standard InChI is InChI=1S/C8H12N2O/c1-2-6-11-10-8-4-3-5-9-7-8/h2,5,7,10H,1,3-4,6H2. The fourth-order valence-electron chi connectivity index (χ4n) is 0.772. The maximum atomic E-state index is 5.01. The molecule has 0 bridgehead atoms. The Labute approximate surface area is 66.4 Å². The van der Waals surface area contributed by atoms with E-state index in [4.69, 9.17) is 4.84 Å². The third-order valence-electron chi connectivity index (χ3n) is 1.28. The molecule has 0 aromatic heterocycles. The Hall–Kier alpha value is -1.09. The van der Waals surface area contributed by atoms with Gasteiger partial charge in [0, 0.05) is 12.4 Å². The number of hydrogen-bond donors (Lipinski definition) is 1. The van der Waals surface area contributed by atoms with Gasteiger partial charge in [0.25, 0.3) is 0 Å². The quantitative estimate of drug-likeness (QED) is 0.375. The Kier molecular flexibility index (Phi) is 3.41. The summed E-state index contributed by atoms with van der Waals surface area (Å²) >= 11 is 0. The summed E-state index contributed by atoms with van der Waals surface area (Å²) in [7, 11) is 0. The van der Waals surface area contributed by atoms with Gasteiger partial charge in [-0.3, -0.25) is 15.3 Å². The zero-order valence-corrected chi connectivity index (χ0v) is 6.42. The normalized spacial score (nSPS) is 15.8. The zero-order valence-electron chi connectivity index (χ0n) is 6.42. The van der Waals surface area contributed by atoms with E-state index in [0.29, 0.717) is 6.61 Å². The molecule has 0 saturated heterocycles. The molecule has 60 valence electrons. The third-order valence-corrected chi connectivity index (χ3v) is 1.28. The van der Waals surface area contributed by atoms with Crippen molar-refractivity contribution in [2.75, 3.05) is 6.61 Å². The number of hydrogen-bond acceptors (Lipinski definition) is 3. The minimum atomic E-state index is 0.515. The van der Waals surface area contributed by atoms with E-state index >= 15 is 0 Å². The predicted molar refractivity (Wildman–Crippen MR) is 45.1 cm³/mol. The van der Waals surface area contributed by atoms with Gasteiger partial charge in [0.2, 0.25) is 0 Å². The van der Waals surface area contributed by atoms with Crippen LogP contribution in [0.5, 0.6) is 0 Å². The van der Waals surface area contributed by atoms with Gasteiger partial charge in [-0.15, -0.1) is 6.58 Å². The fourth-order valence-corrected chi connectivity index (χ4v) is 0.772. The van der Waals surface area contributed by atoms with Crippen LogP contribution in [0.1, 0.15) is 12.8 Å². The maximum absolute atomic E-state index is 5.01. The topological polar surface area (TPSA) is 33.6 Å². The number of hydroxylamine groups is 1. The summed E-state index contributed by atoms with van der Waals surface area (Å²) in [6.45, 7) is 4.04. The van der Waals surface area contributed by atoms with Gasteiger partial charge in [-0.05, 0) is 12.8 Å². The number of rotatable bonds is 4. The fraction of sp³-hybridized carbons (Fsp3) is 0.375. The summed E-state index contributed by atoms with van der Waals surface area (Å²) in [6.07, 6.45) is 7.31. The first-order valence-electron chi connectivity index (χ1n) is 3.63. The Morgan fingerprint density at radius 3 is 3.36 bits per heavy atom. The summed E-state index contributed by atoms with van der Waals surface area (Å²) < 4.78 is 0. The lowest BCUT2D eigenvalue weighted by Gasteiger charge is -2.09. The smallest absolute Gasteiger partial charge is 0.0924 e. The van der Waals surface area contributed by atoms with Crippen molar-refractivity contribution in [3.05, 3.63) is 24.6 Å². The van der Waals surface area contributed by atoms with Crippen LogP contribution in [0.4, 0.5) is 0 Å². The summed E-state index contributed by atoms with van der Waals surface area (Å²) in [5, 5.41) is 0. The molecule has 1 heterocycles. The second kappa shape index (κ2) is 4.68. The summed E-state index contributed by atoms with van der Waals surface area (Å²) in [6, 6.07) is 0. The first-order valence-corrected chi connectivity index (χ1v) is 3.63. The molecule has 3 heteroatoms. The van der Waals surface area contributed by atoms with E-state index in [-0.39, 0.29) is 0 Å². The molecule has 0 atom stereocenters. The summed E-state index contributed by atoms with van der Waals surface area (Å²) in [5.41, 5.74) is 3.82. The van der Waals surface area contributed by atoms with Crippen molar-refractivity contribution in [1.29, 1.82) is 0 Å². The monoisotopic (exact) mass is 152 g/mol. The SMILES string of the molecule is C=CCONC1=CN=CCC1. The van der Waals surface area contributed by atoms with Gasteiger partial charge >= 0.3 is 0 Å². The van der Waals surface area contributed by atoms with Crippen LogP contribution in [0.2, 0.25) is 0 Å². The average molecular weight is 152 g/mol. The molecule has 0 saturated carbocycles. The summed E-state index contributed by atoms with van der Waals surface area (Å²) in [4.78, 5) is 8.99. The lowest BCUT2D eigenvalue weighted by Crippen LogP contribution is -2.15. The van der Waals surface area contributed by atoms with Crippen molar-refractivity contribution in [1.82, 2.24) is 5.48 Å². The molecular formula is C8H12N2O. The van der Waals surface area contributed by atoms with Crippen LogP contribution in [0.3, 0.4) is 0 Å². The highest BCUT2D eigenvalue weighted by Crippen LogP contribution is 2.04. The predicted octanol–water partition coefficient (Wildman–Crippen LogP) is 1.40. The van der Waals surface area contributed by atoms with Gasteiger partial charge in [-0.25, -0.2) is 0 Å². The van der Waals surface area contributed by atoms with Gasteiger partial charge in [0.1, 0.15) is 0 Å². The average Bonchev–Trinajstić information content (AvgIpc) is 2.07. The number of allylic oxidation sites excluding steroid dienone is 1. The van der Waals surface area contributed by atoms with Crippen LogP contribution >= 0.6 is 0 Å². The molecule has 1 rings (SSSR count). The van der Waals surface area contributed by atoms with E-state index in [0.717, 1.165) is 18.5 Å². The largest absolute Gasteiger partial charge is 0.272 e. The third kappa shape index (κ3) is 3.00. The van der Waals surface area contributed by atoms with Crippen LogP contribution in [-0.2, 0) is 4.84 Å². The molecule has 0 aromatic rings. The van der Waals surface area contributed by atoms with Crippen LogP contribution in [0, 0.1) is 0 Å². The van der Waals surface area contributed by atoms with E-state index in [9.17, 15) is 0 Å². The van der Waals surface area contributed by atoms with Crippen LogP contribution < -0.4 is 5.48 Å². The van der Waals surface area contributed by atoms with E-state index in [2.05, 4.69) is 17.1 Å². The van der Waals surface area contributed by atoms with Crippen molar-refractivity contribution in [3.8, 4) is 0 Å². The van der Waals surface area contributed by atoms with Crippen molar-refractivity contribution < 1.29 is 4.84 Å². The number of nitrogens with one attached hydrogen (secondary N) is 1. The Morgan fingerprint density at radius 1 is 1.82 bits per heavy atom. The minimum absolute atomic E-state index is 0.515. The molecule has 0 aromatic carbocycles. The lowest BCUT2D eigenvalue weighted by atomic mass is 10.2. The second-order valence-electron chi connectivity index (χ2n) is 2.23. The lowest BCUT2D eigenvalue weighted by molar-refractivity contribution is 0.0835. The molecule has 0 aliphatic carbocycles. The molecule has 0 fully saturated rings. The molecule has 0 spiro atoms. The van der Waals surface area contributed by atoms with Gasteiger partial charge in [-0.1, -0.05) is 6.08 Å². The molecule has 11 heavy (non-hydrogen) atoms. The van der Waals surface area contributed by atoms with Gasteiger partial charge in [0.15, 0.2) is 0 Å². The molecule has 1 aliphatic heterocycles. The van der Waals surface area contributed by atoms with E-state index in [1.54, 1.807) is 12.3 Å². The Balaban J connectivity index is 2.19. The van der Waals surface area contributed by atoms with Crippen molar-refractivity contribution in [2.24, 2.45) is 4.99 Å². The summed E-state index contributed by atoms with van der Waals surface area (Å²) in [5.74, 6) is 0. The highest BCUT2D eigenvalue weighted by atomic mass is 16.6. The second-order valence-corrected chi connectivity index (χ2v) is 2.23. The molecule has 0 amide bonds. The number of nitrogens with zero attached hydrogens (tertiary/aromatic N) is 1. The molecule has 0 unspecified atom stereocenters. The highest BCUT2D eigenvalue weighted by Gasteiger charge is 1.97. The van der Waals surface area contributed by atoms with Crippen LogP contribution in [-0.4, -0.2) is 12.8 Å². The Bertz CT molecular complexity index is 185. The van der Waals surface area contributed by atoms with E-state index in [1.165, 1.54) is 0 Å². The molecule has 1 N–H and O–H groups in total. The minimum Gasteiger partial charge on any atom is -0.272 e. The van der Waals surface area contributed by atoms with Crippen LogP contribution in [0.25, 0.3) is 0 Å². The Morgan fingerprint density at radius 2 is 2.73 bits per heavy atom. The van der Waals surface area contributed by atoms with E-state index < -0.39 is 0 Å². The molecule has 1 aliphatic rings. The van der Waals surface area contributed by atoms with Gasteiger partial charge in [-0.2, -0.15) is 0 Å². The first kappa shape index (κ1) is 8.01. The zero-order chi connectivity index (χ0) is 7.94. The molecule has 0 radical (unpaired) electrons. The number of aliphatic imine (C=N–C) groups is 1. The van der Waals surface area contributed by atoms with E-state index in [1.807, 2.05) is 6.21 Å². The molecule has 3 nitrogen and oxygen atoms in total. The highest BCUT2D eigenvalue weighted by molar-refractivity contribution is 5.59. The van der Waals surface area contributed by atoms with Crippen molar-refractivity contribution in [2.45, 2.75) is 12.8 Å². The van der Waals surface area contributed by atoms with Gasteiger partial charge < -0.3 is 0 Å². The van der Waals surface area contributed by atoms with Crippen LogP contribution in [0.15, 0.2) is 29.5 Å². The maximum Gasteiger partial charge on any atom is 0.0924 e.